The lowest BCUT2D eigenvalue weighted by Gasteiger charge is -2.27. The van der Waals surface area contributed by atoms with Crippen molar-refractivity contribution in [1.29, 1.82) is 0 Å². The maximum absolute atomic E-state index is 6.90. The molecule has 0 heterocycles. The van der Waals surface area contributed by atoms with Gasteiger partial charge in [0.05, 0.1) is 0 Å². The first-order valence-electron chi connectivity index (χ1n) is 7.86. The maximum Gasteiger partial charge on any atom is 0.161 e. The number of hydrogen-bond donors (Lipinski definition) is 0. The van der Waals surface area contributed by atoms with Gasteiger partial charge in [0.15, 0.2) is 7.38 Å². The van der Waals surface area contributed by atoms with Gasteiger partial charge in [0.2, 0.25) is 0 Å². The Morgan fingerprint density at radius 2 is 1.73 bits per heavy atom. The molecule has 0 spiro atoms. The predicted octanol–water partition coefficient (Wildman–Crippen LogP) is 6.45. The molecule has 2 aromatic rings. The molecule has 22 heavy (non-hydrogen) atoms. The lowest BCUT2D eigenvalue weighted by molar-refractivity contribution is 1.09. The summed E-state index contributed by atoms with van der Waals surface area (Å²) in [4.78, 5) is 0. The van der Waals surface area contributed by atoms with Gasteiger partial charge >= 0.3 is 0 Å². The summed E-state index contributed by atoms with van der Waals surface area (Å²) in [6.45, 7) is 11.1. The number of aryl methyl sites for hydroxylation is 2. The Kier molecular flexibility index (Phi) is 3.82. The molecule has 1 unspecified atom stereocenters. The van der Waals surface area contributed by atoms with E-state index in [1.165, 1.54) is 39.0 Å². The third-order valence-electron chi connectivity index (χ3n) is 4.64. The fraction of sp³-hybridized carbons (Fsp3) is 0.300. The number of hydrogen-bond acceptors (Lipinski definition) is 0. The third kappa shape index (κ3) is 2.57. The SMILES string of the molecule is CC1=Cc2c(C)ccc(-c3cccc(C)c3)c2C1[Si](C)(C)Cl. The van der Waals surface area contributed by atoms with Crippen molar-refractivity contribution in [3.63, 3.8) is 0 Å². The average Bonchev–Trinajstić information content (AvgIpc) is 2.77. The van der Waals surface area contributed by atoms with Gasteiger partial charge in [-0.05, 0) is 48.6 Å². The van der Waals surface area contributed by atoms with Crippen molar-refractivity contribution >= 4 is 24.5 Å². The van der Waals surface area contributed by atoms with Crippen LogP contribution in [0.5, 0.6) is 0 Å². The van der Waals surface area contributed by atoms with Gasteiger partial charge < -0.3 is 0 Å². The van der Waals surface area contributed by atoms with Crippen molar-refractivity contribution in [2.75, 3.05) is 0 Å². The highest BCUT2D eigenvalue weighted by Gasteiger charge is 2.38. The Morgan fingerprint density at radius 1 is 1.00 bits per heavy atom. The van der Waals surface area contributed by atoms with Crippen molar-refractivity contribution in [3.05, 3.63) is 64.2 Å². The van der Waals surface area contributed by atoms with E-state index in [-0.39, 0.29) is 0 Å². The van der Waals surface area contributed by atoms with Crippen LogP contribution in [0.4, 0.5) is 0 Å². The summed E-state index contributed by atoms with van der Waals surface area (Å²) in [6, 6.07) is 13.3. The molecule has 2 heteroatoms. The Hall–Kier alpha value is -1.31. The Bertz CT molecular complexity index is 766. The summed E-state index contributed by atoms with van der Waals surface area (Å²) in [5.74, 6) is 0. The van der Waals surface area contributed by atoms with Crippen molar-refractivity contribution in [3.8, 4) is 11.1 Å². The Balaban J connectivity index is 2.28. The standard InChI is InChI=1S/C20H23ClSi/c1-13-7-6-8-16(11-13)17-10-9-14(2)18-12-15(3)20(19(17)18)22(4,5)21/h6-12,20H,1-5H3. The molecule has 1 aliphatic rings. The van der Waals surface area contributed by atoms with Crippen molar-refractivity contribution in [1.82, 2.24) is 0 Å². The highest BCUT2D eigenvalue weighted by Crippen LogP contribution is 2.48. The van der Waals surface area contributed by atoms with E-state index >= 15 is 0 Å². The normalized spacial score (nSPS) is 17.4. The molecule has 0 N–H and O–H groups in total. The minimum absolute atomic E-state index is 0.402. The second-order valence-electron chi connectivity index (χ2n) is 7.01. The van der Waals surface area contributed by atoms with E-state index in [1.54, 1.807) is 0 Å². The van der Waals surface area contributed by atoms with Crippen LogP contribution in [0.1, 0.15) is 34.7 Å². The molecule has 3 rings (SSSR count). The van der Waals surface area contributed by atoms with Crippen molar-refractivity contribution in [2.45, 2.75) is 39.4 Å². The lowest BCUT2D eigenvalue weighted by Crippen LogP contribution is -2.28. The summed E-state index contributed by atoms with van der Waals surface area (Å²) in [6.07, 6.45) is 2.35. The highest BCUT2D eigenvalue weighted by atomic mass is 35.6. The van der Waals surface area contributed by atoms with Gasteiger partial charge in [-0.2, -0.15) is 11.1 Å². The van der Waals surface area contributed by atoms with E-state index in [0.717, 1.165) is 0 Å². The molecule has 0 nitrogen and oxygen atoms in total. The smallest absolute Gasteiger partial charge is 0.161 e. The van der Waals surface area contributed by atoms with Gasteiger partial charge in [-0.3, -0.25) is 0 Å². The summed E-state index contributed by atoms with van der Waals surface area (Å²) in [7, 11) is -1.84. The molecule has 0 saturated heterocycles. The Morgan fingerprint density at radius 3 is 2.36 bits per heavy atom. The van der Waals surface area contributed by atoms with E-state index in [1.807, 2.05) is 0 Å². The minimum Gasteiger partial charge on any atom is -0.167 e. The molecule has 0 bridgehead atoms. The van der Waals surface area contributed by atoms with E-state index in [2.05, 4.69) is 76.3 Å². The predicted molar refractivity (Wildman–Crippen MR) is 101 cm³/mol. The first-order valence-corrected chi connectivity index (χ1v) is 12.0. The second kappa shape index (κ2) is 5.40. The third-order valence-corrected chi connectivity index (χ3v) is 7.41. The lowest BCUT2D eigenvalue weighted by atomic mass is 9.92. The summed E-state index contributed by atoms with van der Waals surface area (Å²) in [5.41, 5.74) is 9.97. The monoisotopic (exact) mass is 326 g/mol. The van der Waals surface area contributed by atoms with Crippen LogP contribution in [0.2, 0.25) is 13.1 Å². The average molecular weight is 327 g/mol. The van der Waals surface area contributed by atoms with Crippen LogP contribution in [0.15, 0.2) is 42.0 Å². The molecule has 2 aromatic carbocycles. The number of fused-ring (bicyclic) bond motifs is 1. The zero-order valence-corrected chi connectivity index (χ0v) is 15.8. The molecule has 1 atom stereocenters. The zero-order valence-electron chi connectivity index (χ0n) is 14.0. The highest BCUT2D eigenvalue weighted by molar-refractivity contribution is 7.20. The van der Waals surface area contributed by atoms with E-state index in [0.29, 0.717) is 5.54 Å². The molecule has 114 valence electrons. The molecule has 0 aromatic heterocycles. The molecular weight excluding hydrogens is 304 g/mol. The van der Waals surface area contributed by atoms with Crippen molar-refractivity contribution < 1.29 is 0 Å². The van der Waals surface area contributed by atoms with Crippen LogP contribution >= 0.6 is 11.1 Å². The van der Waals surface area contributed by atoms with Crippen LogP contribution in [0, 0.1) is 13.8 Å². The molecular formula is C20H23ClSi. The van der Waals surface area contributed by atoms with Crippen LogP contribution in [0.25, 0.3) is 17.2 Å². The van der Waals surface area contributed by atoms with Gasteiger partial charge in [0.25, 0.3) is 0 Å². The number of allylic oxidation sites excluding steroid dienone is 1. The fourth-order valence-electron chi connectivity index (χ4n) is 3.74. The number of halogens is 1. The van der Waals surface area contributed by atoms with Crippen LogP contribution in [-0.4, -0.2) is 7.38 Å². The molecule has 0 saturated carbocycles. The van der Waals surface area contributed by atoms with E-state index in [9.17, 15) is 0 Å². The number of rotatable bonds is 2. The molecule has 0 radical (unpaired) electrons. The van der Waals surface area contributed by atoms with Crippen LogP contribution in [-0.2, 0) is 0 Å². The number of benzene rings is 2. The van der Waals surface area contributed by atoms with Gasteiger partial charge in [0, 0.05) is 5.54 Å². The second-order valence-corrected chi connectivity index (χ2v) is 13.6. The topological polar surface area (TPSA) is 0 Å². The minimum atomic E-state index is -1.84. The van der Waals surface area contributed by atoms with Crippen molar-refractivity contribution in [2.24, 2.45) is 0 Å². The molecule has 0 amide bonds. The van der Waals surface area contributed by atoms with Gasteiger partial charge in [-0.1, -0.05) is 66.7 Å². The summed E-state index contributed by atoms with van der Waals surface area (Å²) >= 11 is 6.90. The first-order chi connectivity index (χ1) is 10.3. The van der Waals surface area contributed by atoms with Crippen LogP contribution < -0.4 is 0 Å². The van der Waals surface area contributed by atoms with E-state index < -0.39 is 7.38 Å². The summed E-state index contributed by atoms with van der Waals surface area (Å²) < 4.78 is 0. The zero-order chi connectivity index (χ0) is 16.1. The summed E-state index contributed by atoms with van der Waals surface area (Å²) in [5, 5.41) is 0. The fourth-order valence-corrected chi connectivity index (χ4v) is 6.74. The first kappa shape index (κ1) is 15.6. The van der Waals surface area contributed by atoms with Gasteiger partial charge in [-0.25, -0.2) is 0 Å². The molecule has 0 aliphatic heterocycles. The van der Waals surface area contributed by atoms with Crippen LogP contribution in [0.3, 0.4) is 0 Å². The molecule has 1 aliphatic carbocycles. The molecule has 0 fully saturated rings. The Labute approximate surface area is 139 Å². The van der Waals surface area contributed by atoms with E-state index in [4.69, 9.17) is 11.1 Å². The largest absolute Gasteiger partial charge is 0.167 e. The van der Waals surface area contributed by atoms with Gasteiger partial charge in [0.1, 0.15) is 0 Å². The maximum atomic E-state index is 6.90. The van der Waals surface area contributed by atoms with Gasteiger partial charge in [-0.15, -0.1) is 0 Å². The quantitative estimate of drug-likeness (QED) is 0.439.